The Morgan fingerprint density at radius 3 is 2.58 bits per heavy atom. The minimum absolute atomic E-state index is 0.00255. The number of likely N-dealkylation sites (tertiary alicyclic amines) is 1. The van der Waals surface area contributed by atoms with Crippen molar-refractivity contribution < 1.29 is 9.59 Å². The molecule has 1 aromatic heterocycles. The summed E-state index contributed by atoms with van der Waals surface area (Å²) in [5, 5.41) is 6.99. The van der Waals surface area contributed by atoms with Crippen molar-refractivity contribution in [3.05, 3.63) is 57.8 Å². The van der Waals surface area contributed by atoms with Gasteiger partial charge in [-0.05, 0) is 46.4 Å². The second-order valence-electron chi connectivity index (χ2n) is 6.65. The molecule has 0 radical (unpaired) electrons. The number of thiophene rings is 1. The van der Waals surface area contributed by atoms with E-state index in [0.717, 1.165) is 18.4 Å². The van der Waals surface area contributed by atoms with Crippen molar-refractivity contribution in [3.63, 3.8) is 0 Å². The van der Waals surface area contributed by atoms with Gasteiger partial charge in [-0.3, -0.25) is 9.59 Å². The second kappa shape index (κ2) is 6.40. The summed E-state index contributed by atoms with van der Waals surface area (Å²) in [6.07, 6.45) is 2.67. The maximum atomic E-state index is 12.4. The van der Waals surface area contributed by atoms with E-state index >= 15 is 0 Å². The van der Waals surface area contributed by atoms with Crippen molar-refractivity contribution in [3.8, 4) is 0 Å². The number of nitrogens with zero attached hydrogens (tertiary/aromatic N) is 1. The molecule has 4 nitrogen and oxygen atoms in total. The van der Waals surface area contributed by atoms with Gasteiger partial charge < -0.3 is 10.2 Å². The fourth-order valence-corrected chi connectivity index (χ4v) is 4.46. The van der Waals surface area contributed by atoms with Crippen LogP contribution in [0.2, 0.25) is 0 Å². The van der Waals surface area contributed by atoms with Crippen LogP contribution in [0.15, 0.2) is 41.1 Å². The van der Waals surface area contributed by atoms with Gasteiger partial charge in [0.1, 0.15) is 0 Å². The number of hydrogen-bond donors (Lipinski definition) is 1. The van der Waals surface area contributed by atoms with Crippen LogP contribution in [0.1, 0.15) is 23.1 Å². The second-order valence-corrected chi connectivity index (χ2v) is 7.43. The number of carbonyl (C=O) groups is 2. The highest BCUT2D eigenvalue weighted by Gasteiger charge is 2.37. The molecule has 1 atom stereocenters. The van der Waals surface area contributed by atoms with Crippen molar-refractivity contribution in [2.45, 2.75) is 37.8 Å². The van der Waals surface area contributed by atoms with Gasteiger partial charge in [-0.1, -0.05) is 24.3 Å². The highest BCUT2D eigenvalue weighted by atomic mass is 32.1. The van der Waals surface area contributed by atoms with Crippen LogP contribution < -0.4 is 5.32 Å². The fraction of sp³-hybridized carbons (Fsp3) is 0.368. The quantitative estimate of drug-likeness (QED) is 0.927. The number of rotatable bonds is 4. The van der Waals surface area contributed by atoms with Crippen molar-refractivity contribution in [2.75, 3.05) is 6.54 Å². The topological polar surface area (TPSA) is 49.4 Å². The summed E-state index contributed by atoms with van der Waals surface area (Å²) in [5.41, 5.74) is 3.73. The number of amides is 2. The zero-order valence-electron chi connectivity index (χ0n) is 13.4. The molecule has 24 heavy (non-hydrogen) atoms. The van der Waals surface area contributed by atoms with E-state index in [2.05, 4.69) is 29.6 Å². The maximum absolute atomic E-state index is 12.4. The minimum atomic E-state index is -0.0626. The molecule has 1 fully saturated rings. The number of hydrogen-bond acceptors (Lipinski definition) is 3. The Balaban J connectivity index is 1.35. The van der Waals surface area contributed by atoms with E-state index in [0.29, 0.717) is 19.4 Å². The van der Waals surface area contributed by atoms with E-state index in [9.17, 15) is 9.59 Å². The van der Waals surface area contributed by atoms with Crippen molar-refractivity contribution in [1.29, 1.82) is 0 Å². The van der Waals surface area contributed by atoms with E-state index in [1.54, 1.807) is 11.3 Å². The first kappa shape index (κ1) is 15.4. The van der Waals surface area contributed by atoms with E-state index in [1.165, 1.54) is 11.1 Å². The van der Waals surface area contributed by atoms with Gasteiger partial charge in [0.2, 0.25) is 11.8 Å². The monoisotopic (exact) mass is 340 g/mol. The van der Waals surface area contributed by atoms with Gasteiger partial charge in [0.15, 0.2) is 0 Å². The molecule has 124 valence electrons. The van der Waals surface area contributed by atoms with Gasteiger partial charge in [-0.15, -0.1) is 0 Å². The third-order valence-corrected chi connectivity index (χ3v) is 5.67. The van der Waals surface area contributed by atoms with Crippen LogP contribution in [0.4, 0.5) is 0 Å². The summed E-state index contributed by atoms with van der Waals surface area (Å²) in [5.74, 6) is 0.163. The van der Waals surface area contributed by atoms with Crippen LogP contribution in [0.3, 0.4) is 0 Å². The Labute approximate surface area is 145 Å². The molecule has 1 saturated heterocycles. The SMILES string of the molecule is O=C(Cc1ccsc1)N[C@@H]1CC(=O)N(C2Cc3ccccc3C2)C1. The van der Waals surface area contributed by atoms with Gasteiger partial charge >= 0.3 is 0 Å². The first-order valence-corrected chi connectivity index (χ1v) is 9.30. The molecule has 1 aliphatic carbocycles. The Morgan fingerprint density at radius 2 is 1.92 bits per heavy atom. The molecule has 2 amide bonds. The molecule has 0 saturated carbocycles. The molecule has 5 heteroatoms. The Kier molecular flexibility index (Phi) is 4.10. The van der Waals surface area contributed by atoms with E-state index in [4.69, 9.17) is 0 Å². The molecule has 1 N–H and O–H groups in total. The average Bonchev–Trinajstić information content (AvgIpc) is 3.26. The molecule has 4 rings (SSSR count). The van der Waals surface area contributed by atoms with E-state index in [1.807, 2.05) is 21.7 Å². The largest absolute Gasteiger partial charge is 0.351 e. The molecular formula is C19H20N2O2S. The summed E-state index contributed by atoms with van der Waals surface area (Å²) in [6.45, 7) is 0.632. The lowest BCUT2D eigenvalue weighted by atomic mass is 10.1. The lowest BCUT2D eigenvalue weighted by Gasteiger charge is -2.24. The summed E-state index contributed by atoms with van der Waals surface area (Å²) in [6, 6.07) is 10.6. The summed E-state index contributed by atoms with van der Waals surface area (Å²) < 4.78 is 0. The smallest absolute Gasteiger partial charge is 0.225 e. The number of fused-ring (bicyclic) bond motifs is 1. The Hall–Kier alpha value is -2.14. The standard InChI is InChI=1S/C19H20N2O2S/c22-18(7-13-5-6-24-12-13)20-16-10-19(23)21(11-16)17-8-14-3-1-2-4-15(14)9-17/h1-6,12,16-17H,7-11H2,(H,20,22)/t16-/m1/s1. The Morgan fingerprint density at radius 1 is 1.17 bits per heavy atom. The zero-order valence-corrected chi connectivity index (χ0v) is 14.2. The normalized spacial score (nSPS) is 20.4. The van der Waals surface area contributed by atoms with Crippen molar-refractivity contribution in [1.82, 2.24) is 10.2 Å². The van der Waals surface area contributed by atoms with Gasteiger partial charge in [0, 0.05) is 19.0 Å². The number of nitrogens with one attached hydrogen (secondary N) is 1. The van der Waals surface area contributed by atoms with Gasteiger partial charge in [0.25, 0.3) is 0 Å². The number of carbonyl (C=O) groups excluding carboxylic acids is 2. The fourth-order valence-electron chi connectivity index (χ4n) is 3.79. The van der Waals surface area contributed by atoms with Crippen molar-refractivity contribution in [2.24, 2.45) is 0 Å². The highest BCUT2D eigenvalue weighted by Crippen LogP contribution is 2.28. The highest BCUT2D eigenvalue weighted by molar-refractivity contribution is 7.08. The van der Waals surface area contributed by atoms with Crippen LogP contribution >= 0.6 is 11.3 Å². The molecule has 2 heterocycles. The lowest BCUT2D eigenvalue weighted by molar-refractivity contribution is -0.129. The molecule has 2 aromatic rings. The summed E-state index contributed by atoms with van der Waals surface area (Å²) in [4.78, 5) is 26.5. The minimum Gasteiger partial charge on any atom is -0.351 e. The van der Waals surface area contributed by atoms with Crippen LogP contribution in [0.5, 0.6) is 0 Å². The third kappa shape index (κ3) is 3.08. The summed E-state index contributed by atoms with van der Waals surface area (Å²) in [7, 11) is 0. The molecule has 0 bridgehead atoms. The van der Waals surface area contributed by atoms with Crippen LogP contribution in [-0.4, -0.2) is 35.3 Å². The number of benzene rings is 1. The third-order valence-electron chi connectivity index (χ3n) is 4.94. The molecule has 2 aliphatic rings. The van der Waals surface area contributed by atoms with Crippen LogP contribution in [0, 0.1) is 0 Å². The Bertz CT molecular complexity index is 731. The van der Waals surface area contributed by atoms with Crippen LogP contribution in [-0.2, 0) is 28.9 Å². The lowest BCUT2D eigenvalue weighted by Crippen LogP contribution is -2.41. The molecule has 1 aromatic carbocycles. The van der Waals surface area contributed by atoms with E-state index < -0.39 is 0 Å². The van der Waals surface area contributed by atoms with Gasteiger partial charge in [0.05, 0.1) is 12.5 Å². The first-order valence-electron chi connectivity index (χ1n) is 8.36. The molecule has 1 aliphatic heterocycles. The van der Waals surface area contributed by atoms with Crippen LogP contribution in [0.25, 0.3) is 0 Å². The summed E-state index contributed by atoms with van der Waals surface area (Å²) >= 11 is 1.59. The predicted octanol–water partition coefficient (Wildman–Crippen LogP) is 2.18. The average molecular weight is 340 g/mol. The zero-order chi connectivity index (χ0) is 16.5. The predicted molar refractivity (Wildman–Crippen MR) is 93.9 cm³/mol. The molecule has 0 spiro atoms. The maximum Gasteiger partial charge on any atom is 0.225 e. The van der Waals surface area contributed by atoms with E-state index in [-0.39, 0.29) is 23.9 Å². The van der Waals surface area contributed by atoms with Gasteiger partial charge in [-0.2, -0.15) is 11.3 Å². The molecular weight excluding hydrogens is 320 g/mol. The molecule has 0 unspecified atom stereocenters. The first-order chi connectivity index (χ1) is 11.7. The van der Waals surface area contributed by atoms with Gasteiger partial charge in [-0.25, -0.2) is 0 Å². The van der Waals surface area contributed by atoms with Crippen molar-refractivity contribution >= 4 is 23.2 Å².